The number of imidazole rings is 1. The summed E-state index contributed by atoms with van der Waals surface area (Å²) in [6, 6.07) is 15.8. The Labute approximate surface area is 176 Å². The Hall–Kier alpha value is -3.02. The van der Waals surface area contributed by atoms with Crippen molar-refractivity contribution in [2.24, 2.45) is 13.0 Å². The molecule has 6 heteroatoms. The molecule has 1 amide bonds. The predicted molar refractivity (Wildman–Crippen MR) is 115 cm³/mol. The zero-order chi connectivity index (χ0) is 20.5. The summed E-state index contributed by atoms with van der Waals surface area (Å²) in [6.07, 6.45) is 3.82. The molecule has 2 aliphatic rings. The molecule has 156 valence electrons. The number of rotatable bonds is 4. The van der Waals surface area contributed by atoms with Crippen molar-refractivity contribution in [2.45, 2.75) is 37.7 Å². The van der Waals surface area contributed by atoms with Gasteiger partial charge in [0.1, 0.15) is 12.4 Å². The van der Waals surface area contributed by atoms with Crippen molar-refractivity contribution >= 4 is 16.9 Å². The van der Waals surface area contributed by atoms with E-state index >= 15 is 0 Å². The molecule has 1 N–H and O–H groups in total. The van der Waals surface area contributed by atoms with Crippen molar-refractivity contribution in [3.05, 3.63) is 54.4 Å². The van der Waals surface area contributed by atoms with Crippen molar-refractivity contribution in [1.82, 2.24) is 14.9 Å². The number of aryl methyl sites for hydroxylation is 1. The molecule has 3 aromatic rings. The predicted octanol–water partition coefficient (Wildman–Crippen LogP) is 3.80. The molecule has 1 aliphatic heterocycles. The fourth-order valence-corrected chi connectivity index (χ4v) is 4.66. The number of nitrogens with one attached hydrogen (secondary N) is 1. The van der Waals surface area contributed by atoms with Crippen LogP contribution in [0.3, 0.4) is 0 Å². The Morgan fingerprint density at radius 3 is 2.60 bits per heavy atom. The van der Waals surface area contributed by atoms with Gasteiger partial charge < -0.3 is 19.4 Å². The molecule has 5 rings (SSSR count). The lowest BCUT2D eigenvalue weighted by Gasteiger charge is -2.29. The van der Waals surface area contributed by atoms with E-state index in [-0.39, 0.29) is 12.5 Å². The van der Waals surface area contributed by atoms with Crippen LogP contribution in [0.25, 0.3) is 11.0 Å². The molecule has 1 fully saturated rings. The van der Waals surface area contributed by atoms with Gasteiger partial charge >= 0.3 is 0 Å². The molecule has 0 spiro atoms. The van der Waals surface area contributed by atoms with Crippen molar-refractivity contribution in [3.8, 4) is 11.5 Å². The summed E-state index contributed by atoms with van der Waals surface area (Å²) < 4.78 is 13.7. The number of hydrogen-bond donors (Lipinski definition) is 1. The summed E-state index contributed by atoms with van der Waals surface area (Å²) in [5.41, 5.74) is 2.26. The highest BCUT2D eigenvalue weighted by atomic mass is 16.6. The minimum atomic E-state index is -0.587. The molecule has 1 aromatic heterocycles. The molecule has 0 bridgehead atoms. The van der Waals surface area contributed by atoms with E-state index in [9.17, 15) is 4.79 Å². The third-order valence-corrected chi connectivity index (χ3v) is 6.40. The number of fused-ring (bicyclic) bond motifs is 2. The van der Waals surface area contributed by atoms with E-state index in [0.717, 1.165) is 31.2 Å². The first kappa shape index (κ1) is 19.0. The average Bonchev–Trinajstić information content (AvgIpc) is 3.14. The Morgan fingerprint density at radius 2 is 1.80 bits per heavy atom. The van der Waals surface area contributed by atoms with Crippen molar-refractivity contribution in [3.63, 3.8) is 0 Å². The van der Waals surface area contributed by atoms with Gasteiger partial charge in [-0.15, -0.1) is 0 Å². The van der Waals surface area contributed by atoms with Crippen LogP contribution in [0.4, 0.5) is 0 Å². The summed E-state index contributed by atoms with van der Waals surface area (Å²) in [4.78, 5) is 17.4. The van der Waals surface area contributed by atoms with Gasteiger partial charge in [0.15, 0.2) is 11.5 Å². The molecule has 1 saturated carbocycles. The van der Waals surface area contributed by atoms with E-state index in [4.69, 9.17) is 14.5 Å². The Morgan fingerprint density at radius 1 is 1.07 bits per heavy atom. The highest BCUT2D eigenvalue weighted by molar-refractivity contribution is 5.81. The molecule has 0 unspecified atom stereocenters. The van der Waals surface area contributed by atoms with Crippen LogP contribution in [-0.4, -0.2) is 34.7 Å². The Kier molecular flexibility index (Phi) is 5.07. The largest absolute Gasteiger partial charge is 0.485 e. The third kappa shape index (κ3) is 3.62. The van der Waals surface area contributed by atoms with Gasteiger partial charge in [-0.25, -0.2) is 4.98 Å². The highest BCUT2D eigenvalue weighted by Crippen LogP contribution is 2.36. The summed E-state index contributed by atoms with van der Waals surface area (Å²) >= 11 is 0. The van der Waals surface area contributed by atoms with Crippen LogP contribution < -0.4 is 14.8 Å². The summed E-state index contributed by atoms with van der Waals surface area (Å²) in [5.74, 6) is 3.40. The molecule has 2 heterocycles. The second-order valence-electron chi connectivity index (χ2n) is 8.34. The van der Waals surface area contributed by atoms with Crippen LogP contribution in [0.15, 0.2) is 48.5 Å². The standard InChI is InChI=1S/C24H27N3O3/c1-27-19-7-3-2-6-18(19)26-23(27)17-12-10-16(11-13-17)14-25-24(28)22-15-29-20-8-4-5-9-21(20)30-22/h2-9,16-17,22H,10-15H2,1H3,(H,25,28)/t16?,17?,22-/m1/s1. The van der Waals surface area contributed by atoms with E-state index in [0.29, 0.717) is 29.9 Å². The lowest BCUT2D eigenvalue weighted by Crippen LogP contribution is -2.45. The third-order valence-electron chi connectivity index (χ3n) is 6.40. The molecule has 1 aliphatic carbocycles. The second-order valence-corrected chi connectivity index (χ2v) is 8.34. The number of hydrogen-bond acceptors (Lipinski definition) is 4. The quantitative estimate of drug-likeness (QED) is 0.717. The minimum absolute atomic E-state index is 0.0954. The number of amides is 1. The lowest BCUT2D eigenvalue weighted by atomic mass is 9.81. The van der Waals surface area contributed by atoms with Crippen LogP contribution in [0.2, 0.25) is 0 Å². The van der Waals surface area contributed by atoms with Crippen LogP contribution >= 0.6 is 0 Å². The van der Waals surface area contributed by atoms with Gasteiger partial charge in [0.2, 0.25) is 6.10 Å². The molecule has 0 radical (unpaired) electrons. The number of aromatic nitrogens is 2. The monoisotopic (exact) mass is 405 g/mol. The van der Waals surface area contributed by atoms with Gasteiger partial charge in [-0.3, -0.25) is 4.79 Å². The minimum Gasteiger partial charge on any atom is -0.485 e. The maximum atomic E-state index is 12.6. The van der Waals surface area contributed by atoms with E-state index in [1.807, 2.05) is 30.3 Å². The van der Waals surface area contributed by atoms with E-state index in [2.05, 4.69) is 35.1 Å². The summed E-state index contributed by atoms with van der Waals surface area (Å²) in [7, 11) is 2.11. The van der Waals surface area contributed by atoms with Crippen molar-refractivity contribution in [1.29, 1.82) is 0 Å². The fraction of sp³-hybridized carbons (Fsp3) is 0.417. The van der Waals surface area contributed by atoms with Gasteiger partial charge in [-0.2, -0.15) is 0 Å². The molecular formula is C24H27N3O3. The van der Waals surface area contributed by atoms with E-state index in [1.54, 1.807) is 0 Å². The molecule has 2 aromatic carbocycles. The van der Waals surface area contributed by atoms with E-state index in [1.165, 1.54) is 11.3 Å². The first-order valence-electron chi connectivity index (χ1n) is 10.8. The average molecular weight is 405 g/mol. The van der Waals surface area contributed by atoms with Gasteiger partial charge in [-0.05, 0) is 55.9 Å². The number of carbonyl (C=O) groups excluding carboxylic acids is 1. The molecule has 30 heavy (non-hydrogen) atoms. The normalized spacial score (nSPS) is 23.3. The number of nitrogens with zero attached hydrogens (tertiary/aromatic N) is 2. The van der Waals surface area contributed by atoms with E-state index < -0.39 is 6.10 Å². The Bertz CT molecular complexity index is 1050. The van der Waals surface area contributed by atoms with Crippen LogP contribution in [0.5, 0.6) is 11.5 Å². The molecule has 6 nitrogen and oxygen atoms in total. The first-order chi connectivity index (χ1) is 14.7. The smallest absolute Gasteiger partial charge is 0.264 e. The lowest BCUT2D eigenvalue weighted by molar-refractivity contribution is -0.130. The summed E-state index contributed by atoms with van der Waals surface area (Å²) in [6.45, 7) is 0.942. The van der Waals surface area contributed by atoms with Crippen molar-refractivity contribution < 1.29 is 14.3 Å². The van der Waals surface area contributed by atoms with Gasteiger partial charge in [-0.1, -0.05) is 24.3 Å². The Balaban J connectivity index is 1.13. The maximum Gasteiger partial charge on any atom is 0.264 e. The van der Waals surface area contributed by atoms with Crippen LogP contribution in [0, 0.1) is 5.92 Å². The zero-order valence-corrected chi connectivity index (χ0v) is 17.2. The highest BCUT2D eigenvalue weighted by Gasteiger charge is 2.29. The molecular weight excluding hydrogens is 378 g/mol. The topological polar surface area (TPSA) is 65.4 Å². The number of carbonyl (C=O) groups is 1. The first-order valence-corrected chi connectivity index (χ1v) is 10.8. The fourth-order valence-electron chi connectivity index (χ4n) is 4.66. The number of benzene rings is 2. The van der Waals surface area contributed by atoms with Gasteiger partial charge in [0.05, 0.1) is 11.0 Å². The molecule has 1 atom stereocenters. The SMILES string of the molecule is Cn1c(C2CCC(CNC(=O)[C@H]3COc4ccccc4O3)CC2)nc2ccccc21. The number of para-hydroxylation sites is 4. The van der Waals surface area contributed by atoms with Crippen LogP contribution in [-0.2, 0) is 11.8 Å². The summed E-state index contributed by atoms with van der Waals surface area (Å²) in [5, 5.41) is 3.08. The van der Waals surface area contributed by atoms with Crippen LogP contribution in [0.1, 0.15) is 37.4 Å². The molecule has 0 saturated heterocycles. The van der Waals surface area contributed by atoms with Gasteiger partial charge in [0.25, 0.3) is 5.91 Å². The second kappa shape index (κ2) is 8.01. The maximum absolute atomic E-state index is 12.6. The number of ether oxygens (including phenoxy) is 2. The van der Waals surface area contributed by atoms with Crippen molar-refractivity contribution in [2.75, 3.05) is 13.2 Å². The van der Waals surface area contributed by atoms with Gasteiger partial charge in [0, 0.05) is 19.5 Å². The zero-order valence-electron chi connectivity index (χ0n) is 17.2.